The summed E-state index contributed by atoms with van der Waals surface area (Å²) >= 11 is 1.37. The fraction of sp³-hybridized carbons (Fsp3) is 0.800. The number of hydrazone groups is 1. The van der Waals surface area contributed by atoms with Crippen molar-refractivity contribution in [3.8, 4) is 0 Å². The van der Waals surface area contributed by atoms with Gasteiger partial charge in [-0.25, -0.2) is 14.0 Å². The van der Waals surface area contributed by atoms with E-state index in [4.69, 9.17) is 9.47 Å². The van der Waals surface area contributed by atoms with Crippen LogP contribution in [0.25, 0.3) is 0 Å². The zero-order valence-corrected chi connectivity index (χ0v) is 15.5. The lowest BCUT2D eigenvalue weighted by Gasteiger charge is -2.28. The van der Waals surface area contributed by atoms with Crippen LogP contribution in [0.1, 0.15) is 48.0 Å². The average Bonchev–Trinajstić information content (AvgIpc) is 2.84. The minimum absolute atomic E-state index is 0.314. The number of carbonyl (C=O) groups is 2. The molecule has 1 N–H and O–H groups in total. The van der Waals surface area contributed by atoms with Crippen molar-refractivity contribution >= 4 is 29.7 Å². The van der Waals surface area contributed by atoms with E-state index in [0.29, 0.717) is 30.4 Å². The molecule has 0 radical (unpaired) electrons. The largest absolute Gasteiger partial charge is 0.461 e. The highest BCUT2D eigenvalue weighted by Gasteiger charge is 2.30. The Kier molecular flexibility index (Phi) is 7.18. The number of ether oxygens (including phenoxy) is 2. The first-order chi connectivity index (χ1) is 10.6. The molecule has 1 heterocycles. The molecule has 0 saturated carbocycles. The van der Waals surface area contributed by atoms with Crippen LogP contribution in [0.2, 0.25) is 0 Å². The molecule has 0 aromatic heterocycles. The van der Waals surface area contributed by atoms with Crippen LogP contribution in [0.5, 0.6) is 0 Å². The van der Waals surface area contributed by atoms with Gasteiger partial charge in [0.25, 0.3) is 0 Å². The molecule has 0 saturated heterocycles. The summed E-state index contributed by atoms with van der Waals surface area (Å²) in [6.45, 7) is 11.6. The molecule has 23 heavy (non-hydrogen) atoms. The number of rotatable bonds is 6. The summed E-state index contributed by atoms with van der Waals surface area (Å²) in [5.74, 6) is 0.365. The number of nitrogens with one attached hydrogen (secondary N) is 1. The van der Waals surface area contributed by atoms with Crippen LogP contribution in [0.4, 0.5) is 4.79 Å². The summed E-state index contributed by atoms with van der Waals surface area (Å²) in [7, 11) is 0. The van der Waals surface area contributed by atoms with Crippen molar-refractivity contribution in [2.24, 2.45) is 11.0 Å². The number of nitrogens with zero attached hydrogens (tertiary/aromatic N) is 2. The SMILES string of the molecule is CCOC(=O)C1=NN(C(CC(C)C)NC(=O)OC(C)(C)C)SC1. The van der Waals surface area contributed by atoms with Gasteiger partial charge < -0.3 is 9.47 Å². The van der Waals surface area contributed by atoms with Crippen LogP contribution in [0, 0.1) is 5.92 Å². The molecule has 132 valence electrons. The third kappa shape index (κ3) is 7.11. The molecule has 1 aliphatic rings. The van der Waals surface area contributed by atoms with Gasteiger partial charge in [0.2, 0.25) is 0 Å². The molecule has 1 atom stereocenters. The number of alkyl carbamates (subject to hydrolysis) is 1. The van der Waals surface area contributed by atoms with E-state index in [0.717, 1.165) is 0 Å². The lowest BCUT2D eigenvalue weighted by Crippen LogP contribution is -2.45. The van der Waals surface area contributed by atoms with Gasteiger partial charge in [0.1, 0.15) is 11.8 Å². The maximum Gasteiger partial charge on any atom is 0.409 e. The van der Waals surface area contributed by atoms with Crippen LogP contribution < -0.4 is 5.32 Å². The maximum atomic E-state index is 12.0. The second kappa shape index (κ2) is 8.42. The predicted molar refractivity (Wildman–Crippen MR) is 91.0 cm³/mol. The smallest absolute Gasteiger partial charge is 0.409 e. The third-order valence-corrected chi connectivity index (χ3v) is 3.71. The Morgan fingerprint density at radius 1 is 1.39 bits per heavy atom. The average molecular weight is 345 g/mol. The van der Waals surface area contributed by atoms with Crippen molar-refractivity contribution in [3.63, 3.8) is 0 Å². The monoisotopic (exact) mass is 345 g/mol. The molecule has 0 aromatic rings. The summed E-state index contributed by atoms with van der Waals surface area (Å²) < 4.78 is 11.9. The summed E-state index contributed by atoms with van der Waals surface area (Å²) in [5, 5.41) is 7.10. The molecule has 0 spiro atoms. The van der Waals surface area contributed by atoms with E-state index >= 15 is 0 Å². The van der Waals surface area contributed by atoms with Gasteiger partial charge in [-0.2, -0.15) is 5.10 Å². The van der Waals surface area contributed by atoms with Crippen molar-refractivity contribution in [2.75, 3.05) is 12.4 Å². The standard InChI is InChI=1S/C15H27N3O4S/c1-7-21-13(19)11-9-23-18(17-11)12(8-10(2)3)16-14(20)22-15(4,5)6/h10,12H,7-9H2,1-6H3,(H,16,20). The minimum Gasteiger partial charge on any atom is -0.461 e. The number of amides is 1. The van der Waals surface area contributed by atoms with Gasteiger partial charge in [0.15, 0.2) is 5.71 Å². The van der Waals surface area contributed by atoms with Crippen LogP contribution in [-0.4, -0.2) is 46.3 Å². The molecule has 1 aliphatic heterocycles. The minimum atomic E-state index is -0.565. The normalized spacial score (nSPS) is 16.1. The van der Waals surface area contributed by atoms with Gasteiger partial charge in [-0.1, -0.05) is 13.8 Å². The van der Waals surface area contributed by atoms with Gasteiger partial charge in [-0.05, 0) is 52.0 Å². The van der Waals surface area contributed by atoms with Crippen LogP contribution in [0.3, 0.4) is 0 Å². The summed E-state index contributed by atoms with van der Waals surface area (Å²) in [5.41, 5.74) is -0.208. The predicted octanol–water partition coefficient (Wildman–Crippen LogP) is 2.77. The Labute approximate surface area is 142 Å². The van der Waals surface area contributed by atoms with Crippen molar-refractivity contribution in [1.82, 2.24) is 9.73 Å². The maximum absolute atomic E-state index is 12.0. The van der Waals surface area contributed by atoms with Crippen LogP contribution in [0.15, 0.2) is 5.10 Å². The van der Waals surface area contributed by atoms with Gasteiger partial charge in [-0.15, -0.1) is 0 Å². The van der Waals surface area contributed by atoms with E-state index in [-0.39, 0.29) is 6.17 Å². The molecule has 0 bridgehead atoms. The third-order valence-electron chi connectivity index (χ3n) is 2.71. The van der Waals surface area contributed by atoms with E-state index < -0.39 is 17.7 Å². The molecule has 1 unspecified atom stereocenters. The highest BCUT2D eigenvalue weighted by atomic mass is 32.2. The fourth-order valence-electron chi connectivity index (χ4n) is 1.87. The molecule has 0 fully saturated rings. The van der Waals surface area contributed by atoms with E-state index in [1.165, 1.54) is 11.9 Å². The Morgan fingerprint density at radius 2 is 2.04 bits per heavy atom. The Bertz CT molecular complexity index is 460. The second-order valence-electron chi connectivity index (χ2n) is 6.63. The van der Waals surface area contributed by atoms with E-state index in [1.54, 1.807) is 11.3 Å². The first-order valence-electron chi connectivity index (χ1n) is 7.78. The molecule has 0 aromatic carbocycles. The molecular weight excluding hydrogens is 318 g/mol. The topological polar surface area (TPSA) is 80.2 Å². The van der Waals surface area contributed by atoms with Crippen LogP contribution in [-0.2, 0) is 14.3 Å². The van der Waals surface area contributed by atoms with E-state index in [9.17, 15) is 9.59 Å². The van der Waals surface area contributed by atoms with Gasteiger partial charge in [0.05, 0.1) is 12.4 Å². The molecule has 1 rings (SSSR count). The first kappa shape index (κ1) is 19.6. The highest BCUT2D eigenvalue weighted by molar-refractivity contribution is 7.98. The number of hydrogen-bond acceptors (Lipinski definition) is 7. The Balaban J connectivity index is 2.75. The number of hydrogen-bond donors (Lipinski definition) is 1. The van der Waals surface area contributed by atoms with Gasteiger partial charge in [-0.3, -0.25) is 5.32 Å². The fourth-order valence-corrected chi connectivity index (χ4v) is 2.78. The van der Waals surface area contributed by atoms with E-state index in [1.807, 2.05) is 20.8 Å². The van der Waals surface area contributed by atoms with Gasteiger partial charge in [0, 0.05) is 0 Å². The van der Waals surface area contributed by atoms with Crippen molar-refractivity contribution in [3.05, 3.63) is 0 Å². The van der Waals surface area contributed by atoms with Crippen LogP contribution >= 0.6 is 11.9 Å². The zero-order valence-electron chi connectivity index (χ0n) is 14.7. The molecular formula is C15H27N3O4S. The molecule has 1 amide bonds. The summed E-state index contributed by atoms with van der Waals surface area (Å²) in [4.78, 5) is 23.8. The highest BCUT2D eigenvalue weighted by Crippen LogP contribution is 2.25. The Morgan fingerprint density at radius 3 is 2.57 bits per heavy atom. The molecule has 0 aliphatic carbocycles. The molecule has 7 nitrogen and oxygen atoms in total. The second-order valence-corrected chi connectivity index (χ2v) is 7.56. The van der Waals surface area contributed by atoms with E-state index in [2.05, 4.69) is 24.3 Å². The number of esters is 1. The molecule has 8 heteroatoms. The zero-order chi connectivity index (χ0) is 17.6. The Hall–Kier alpha value is -1.44. The lowest BCUT2D eigenvalue weighted by atomic mass is 10.1. The first-order valence-corrected chi connectivity index (χ1v) is 8.73. The number of carbonyl (C=O) groups excluding carboxylic acids is 2. The lowest BCUT2D eigenvalue weighted by molar-refractivity contribution is -0.135. The van der Waals surface area contributed by atoms with Crippen molar-refractivity contribution in [2.45, 2.75) is 59.7 Å². The van der Waals surface area contributed by atoms with Gasteiger partial charge >= 0.3 is 12.1 Å². The van der Waals surface area contributed by atoms with Crippen molar-refractivity contribution in [1.29, 1.82) is 0 Å². The quantitative estimate of drug-likeness (QED) is 0.589. The summed E-state index contributed by atoms with van der Waals surface area (Å²) in [6.07, 6.45) is -0.156. The summed E-state index contributed by atoms with van der Waals surface area (Å²) in [6, 6.07) is 0. The van der Waals surface area contributed by atoms with Crippen molar-refractivity contribution < 1.29 is 19.1 Å².